The number of nitrogens with one attached hydrogen (secondary N) is 2. The molecule has 114 valence electrons. The lowest BCUT2D eigenvalue weighted by atomic mass is 10.2. The summed E-state index contributed by atoms with van der Waals surface area (Å²) in [5.41, 5.74) is 6.90. The number of benzene rings is 1. The summed E-state index contributed by atoms with van der Waals surface area (Å²) in [6.45, 7) is 0.887. The zero-order valence-corrected chi connectivity index (χ0v) is 12.0. The van der Waals surface area contributed by atoms with Crippen molar-refractivity contribution in [3.63, 3.8) is 0 Å². The molecular weight excluding hydrogens is 282 g/mol. The molecule has 1 unspecified atom stereocenters. The minimum Gasteiger partial charge on any atom is -0.364 e. The highest BCUT2D eigenvalue weighted by Crippen LogP contribution is 2.15. The van der Waals surface area contributed by atoms with Gasteiger partial charge >= 0.3 is 0 Å². The van der Waals surface area contributed by atoms with Gasteiger partial charge in [-0.1, -0.05) is 0 Å². The minimum atomic E-state index is -0.563. The van der Waals surface area contributed by atoms with E-state index in [2.05, 4.69) is 15.7 Å². The van der Waals surface area contributed by atoms with Crippen LogP contribution in [0.1, 0.15) is 23.3 Å². The van der Waals surface area contributed by atoms with Gasteiger partial charge in [-0.3, -0.25) is 9.59 Å². The molecule has 0 aliphatic carbocycles. The maximum atomic E-state index is 12.0. The lowest BCUT2D eigenvalue weighted by molar-refractivity contribution is -0.117. The molecule has 1 aromatic carbocycles. The first-order chi connectivity index (χ1) is 10.6. The van der Waals surface area contributed by atoms with Crippen molar-refractivity contribution >= 4 is 17.5 Å². The smallest absolute Gasteiger partial charge is 0.269 e. The highest BCUT2D eigenvalue weighted by atomic mass is 16.2. The summed E-state index contributed by atoms with van der Waals surface area (Å²) in [7, 11) is 0. The molecule has 22 heavy (non-hydrogen) atoms. The topological polar surface area (TPSA) is 102 Å². The molecule has 1 aliphatic heterocycles. The van der Waals surface area contributed by atoms with E-state index in [1.54, 1.807) is 29.1 Å². The third-order valence-electron chi connectivity index (χ3n) is 3.62. The summed E-state index contributed by atoms with van der Waals surface area (Å²) >= 11 is 0. The Morgan fingerprint density at radius 1 is 1.27 bits per heavy atom. The van der Waals surface area contributed by atoms with Crippen LogP contribution in [0.3, 0.4) is 0 Å². The number of hydrogen-bond donors (Lipinski definition) is 3. The van der Waals surface area contributed by atoms with Gasteiger partial charge in [0, 0.05) is 11.9 Å². The minimum absolute atomic E-state index is 0.0136. The summed E-state index contributed by atoms with van der Waals surface area (Å²) in [5.74, 6) is -0.577. The van der Waals surface area contributed by atoms with Crippen molar-refractivity contribution in [3.8, 4) is 5.69 Å². The number of anilines is 1. The summed E-state index contributed by atoms with van der Waals surface area (Å²) in [5, 5.41) is 10.1. The highest BCUT2D eigenvalue weighted by molar-refractivity contribution is 5.95. The molecule has 0 spiro atoms. The van der Waals surface area contributed by atoms with Gasteiger partial charge in [0.15, 0.2) is 0 Å². The van der Waals surface area contributed by atoms with E-state index in [9.17, 15) is 9.59 Å². The van der Waals surface area contributed by atoms with E-state index < -0.39 is 5.91 Å². The fraction of sp³-hybridized carbons (Fsp3) is 0.267. The van der Waals surface area contributed by atoms with Gasteiger partial charge in [0.25, 0.3) is 5.91 Å². The van der Waals surface area contributed by atoms with E-state index in [4.69, 9.17) is 5.73 Å². The van der Waals surface area contributed by atoms with E-state index in [0.29, 0.717) is 0 Å². The molecule has 7 nitrogen and oxygen atoms in total. The zero-order valence-electron chi connectivity index (χ0n) is 12.0. The Balaban J connectivity index is 1.69. The highest BCUT2D eigenvalue weighted by Gasteiger charge is 2.21. The van der Waals surface area contributed by atoms with Crippen LogP contribution < -0.4 is 16.4 Å². The Morgan fingerprint density at radius 2 is 2.05 bits per heavy atom. The predicted molar refractivity (Wildman–Crippen MR) is 81.7 cm³/mol. The van der Waals surface area contributed by atoms with Crippen LogP contribution in [0.2, 0.25) is 0 Å². The number of carbonyl (C=O) groups excluding carboxylic acids is 2. The Labute approximate surface area is 127 Å². The Hall–Kier alpha value is -2.67. The number of aromatic nitrogens is 2. The standard InChI is InChI=1S/C15H17N5O2/c16-14(21)12-7-9-20(19-12)11-5-3-10(4-6-11)18-15(22)13-2-1-8-17-13/h3-7,9,13,17H,1-2,8H2,(H2,16,21)(H,18,22). The third-order valence-corrected chi connectivity index (χ3v) is 3.62. The normalized spacial score (nSPS) is 17.4. The summed E-state index contributed by atoms with van der Waals surface area (Å²) < 4.78 is 1.56. The van der Waals surface area contributed by atoms with Crippen molar-refractivity contribution in [2.75, 3.05) is 11.9 Å². The first-order valence-electron chi connectivity index (χ1n) is 7.13. The Morgan fingerprint density at radius 3 is 2.64 bits per heavy atom. The van der Waals surface area contributed by atoms with Gasteiger partial charge in [-0.15, -0.1) is 0 Å². The lowest BCUT2D eigenvalue weighted by Crippen LogP contribution is -2.35. The van der Waals surface area contributed by atoms with Gasteiger partial charge < -0.3 is 16.4 Å². The molecule has 1 atom stereocenters. The molecule has 0 radical (unpaired) electrons. The quantitative estimate of drug-likeness (QED) is 0.772. The molecule has 2 amide bonds. The van der Waals surface area contributed by atoms with Crippen LogP contribution >= 0.6 is 0 Å². The molecule has 2 heterocycles. The maximum Gasteiger partial charge on any atom is 0.269 e. The van der Waals surface area contributed by atoms with Crippen molar-refractivity contribution in [1.29, 1.82) is 0 Å². The molecule has 4 N–H and O–H groups in total. The second-order valence-corrected chi connectivity index (χ2v) is 5.19. The predicted octanol–water partition coefficient (Wildman–Crippen LogP) is 0.662. The zero-order chi connectivity index (χ0) is 15.5. The van der Waals surface area contributed by atoms with Gasteiger partial charge in [0.1, 0.15) is 5.69 Å². The van der Waals surface area contributed by atoms with Gasteiger partial charge in [-0.25, -0.2) is 4.68 Å². The van der Waals surface area contributed by atoms with Gasteiger partial charge in [-0.05, 0) is 49.7 Å². The van der Waals surface area contributed by atoms with Crippen LogP contribution in [0.4, 0.5) is 5.69 Å². The Kier molecular flexibility index (Phi) is 3.88. The molecule has 1 fully saturated rings. The summed E-state index contributed by atoms with van der Waals surface area (Å²) in [6, 6.07) is 8.68. The van der Waals surface area contributed by atoms with Crippen LogP contribution in [-0.2, 0) is 4.79 Å². The fourth-order valence-electron chi connectivity index (χ4n) is 2.43. The SMILES string of the molecule is NC(=O)c1ccn(-c2ccc(NC(=O)C3CCCN3)cc2)n1. The van der Waals surface area contributed by atoms with Crippen molar-refractivity contribution in [2.24, 2.45) is 5.73 Å². The van der Waals surface area contributed by atoms with E-state index in [0.717, 1.165) is 30.8 Å². The number of carbonyl (C=O) groups is 2. The second-order valence-electron chi connectivity index (χ2n) is 5.19. The Bertz CT molecular complexity index is 686. The molecule has 2 aromatic rings. The summed E-state index contributed by atoms with van der Waals surface area (Å²) in [4.78, 5) is 23.0. The first-order valence-corrected chi connectivity index (χ1v) is 7.13. The van der Waals surface area contributed by atoms with Gasteiger partial charge in [-0.2, -0.15) is 5.10 Å². The van der Waals surface area contributed by atoms with Crippen LogP contribution in [0, 0.1) is 0 Å². The second kappa shape index (κ2) is 5.98. The van der Waals surface area contributed by atoms with E-state index in [1.165, 1.54) is 0 Å². The van der Waals surface area contributed by atoms with Gasteiger partial charge in [0.2, 0.25) is 5.91 Å². The van der Waals surface area contributed by atoms with Gasteiger partial charge in [0.05, 0.1) is 11.7 Å². The molecule has 1 aliphatic rings. The molecule has 1 aromatic heterocycles. The van der Waals surface area contributed by atoms with Crippen molar-refractivity contribution in [1.82, 2.24) is 15.1 Å². The largest absolute Gasteiger partial charge is 0.364 e. The van der Waals surface area contributed by atoms with Crippen LogP contribution in [-0.4, -0.2) is 34.2 Å². The van der Waals surface area contributed by atoms with Crippen LogP contribution in [0.15, 0.2) is 36.5 Å². The third kappa shape index (κ3) is 2.99. The average molecular weight is 299 g/mol. The van der Waals surface area contributed by atoms with E-state index in [-0.39, 0.29) is 17.6 Å². The number of amides is 2. The fourth-order valence-corrected chi connectivity index (χ4v) is 2.43. The van der Waals surface area contributed by atoms with Crippen molar-refractivity contribution in [3.05, 3.63) is 42.2 Å². The summed E-state index contributed by atoms with van der Waals surface area (Å²) in [6.07, 6.45) is 3.56. The van der Waals surface area contributed by atoms with Crippen LogP contribution in [0.5, 0.6) is 0 Å². The monoisotopic (exact) mass is 299 g/mol. The molecular formula is C15H17N5O2. The number of rotatable bonds is 4. The molecule has 0 bridgehead atoms. The number of nitrogens with two attached hydrogens (primary N) is 1. The first kappa shape index (κ1) is 14.3. The number of hydrogen-bond acceptors (Lipinski definition) is 4. The van der Waals surface area contributed by atoms with Crippen LogP contribution in [0.25, 0.3) is 5.69 Å². The molecule has 7 heteroatoms. The van der Waals surface area contributed by atoms with E-state index in [1.807, 2.05) is 12.1 Å². The van der Waals surface area contributed by atoms with Crippen molar-refractivity contribution < 1.29 is 9.59 Å². The average Bonchev–Trinajstić information content (AvgIpc) is 3.20. The van der Waals surface area contributed by atoms with E-state index >= 15 is 0 Å². The van der Waals surface area contributed by atoms with Crippen molar-refractivity contribution in [2.45, 2.75) is 18.9 Å². The molecule has 1 saturated heterocycles. The number of nitrogens with zero attached hydrogens (tertiary/aromatic N) is 2. The number of primary amides is 1. The molecule has 3 rings (SSSR count). The molecule has 0 saturated carbocycles. The lowest BCUT2D eigenvalue weighted by Gasteiger charge is -2.11. The maximum absolute atomic E-state index is 12.0.